The monoisotopic (exact) mass is 521 g/mol. The molecule has 2 N–H and O–H groups in total. The number of nitrogens with zero attached hydrogens (tertiary/aromatic N) is 3. The molecule has 7 heteroatoms. The second kappa shape index (κ2) is 13.8. The highest BCUT2D eigenvalue weighted by atomic mass is 127. The number of thiophene rings is 1. The van der Waals surface area contributed by atoms with Gasteiger partial charge in [-0.1, -0.05) is 6.07 Å². The van der Waals surface area contributed by atoms with Gasteiger partial charge in [-0.15, -0.1) is 35.3 Å². The number of rotatable bonds is 9. The van der Waals surface area contributed by atoms with Gasteiger partial charge < -0.3 is 10.6 Å². The summed E-state index contributed by atoms with van der Waals surface area (Å²) in [5, 5.41) is 9.20. The summed E-state index contributed by atoms with van der Waals surface area (Å²) in [6.45, 7) is 15.5. The van der Waals surface area contributed by atoms with Crippen LogP contribution in [0.2, 0.25) is 0 Å². The predicted octanol–water partition coefficient (Wildman–Crippen LogP) is 3.86. The molecule has 0 radical (unpaired) electrons. The van der Waals surface area contributed by atoms with Crippen LogP contribution in [0, 0.1) is 5.92 Å². The molecule has 1 fully saturated rings. The van der Waals surface area contributed by atoms with Crippen LogP contribution in [-0.4, -0.2) is 67.6 Å². The summed E-state index contributed by atoms with van der Waals surface area (Å²) in [6.07, 6.45) is 2.60. The van der Waals surface area contributed by atoms with Gasteiger partial charge in [0.2, 0.25) is 0 Å². The third-order valence-electron chi connectivity index (χ3n) is 5.33. The minimum atomic E-state index is 0. The highest BCUT2D eigenvalue weighted by molar-refractivity contribution is 14.0. The van der Waals surface area contributed by atoms with Crippen molar-refractivity contribution in [2.24, 2.45) is 10.9 Å². The summed E-state index contributed by atoms with van der Waals surface area (Å²) in [6, 6.07) is 5.53. The first-order valence-corrected chi connectivity index (χ1v) is 11.3. The maximum Gasteiger partial charge on any atom is 0.191 e. The standard InChI is InChI=1S/C21H39N5S.HI/c1-17(2)26(18(3)4)12-10-23-21(22-5)24-14-19-8-6-11-25(15-19)16-20-9-7-13-27-20;/h7,9,13,17-19H,6,8,10-12,14-16H2,1-5H3,(H2,22,23,24);1H. The quantitative estimate of drug-likeness (QED) is 0.294. The summed E-state index contributed by atoms with van der Waals surface area (Å²) in [5.74, 6) is 1.62. The summed E-state index contributed by atoms with van der Waals surface area (Å²) in [4.78, 5) is 11.0. The van der Waals surface area contributed by atoms with Gasteiger partial charge in [0.1, 0.15) is 0 Å². The minimum Gasteiger partial charge on any atom is -0.356 e. The molecule has 28 heavy (non-hydrogen) atoms. The third-order valence-corrected chi connectivity index (χ3v) is 6.19. The summed E-state index contributed by atoms with van der Waals surface area (Å²) < 4.78 is 0. The van der Waals surface area contributed by atoms with E-state index >= 15 is 0 Å². The second-order valence-corrected chi connectivity index (χ2v) is 9.16. The van der Waals surface area contributed by atoms with Crippen molar-refractivity contribution < 1.29 is 0 Å². The van der Waals surface area contributed by atoms with Gasteiger partial charge in [0.05, 0.1) is 0 Å². The molecule has 1 unspecified atom stereocenters. The van der Waals surface area contributed by atoms with Crippen LogP contribution in [0.1, 0.15) is 45.4 Å². The average Bonchev–Trinajstić information content (AvgIpc) is 3.13. The molecule has 1 saturated heterocycles. The SMILES string of the molecule is CN=C(NCCN(C(C)C)C(C)C)NCC1CCCN(Cc2cccs2)C1.I. The van der Waals surface area contributed by atoms with Crippen molar-refractivity contribution in [1.82, 2.24) is 20.4 Å². The van der Waals surface area contributed by atoms with Gasteiger partial charge in [-0.2, -0.15) is 0 Å². The zero-order valence-corrected chi connectivity index (χ0v) is 21.4. The van der Waals surface area contributed by atoms with Gasteiger partial charge in [-0.25, -0.2) is 0 Å². The molecule has 0 aliphatic carbocycles. The molecule has 0 aromatic carbocycles. The maximum absolute atomic E-state index is 4.40. The van der Waals surface area contributed by atoms with E-state index in [1.807, 2.05) is 18.4 Å². The van der Waals surface area contributed by atoms with Crippen molar-refractivity contribution in [2.45, 2.75) is 59.2 Å². The lowest BCUT2D eigenvalue weighted by atomic mass is 9.98. The normalized spacial score (nSPS) is 18.6. The first kappa shape index (κ1) is 25.7. The number of hydrogen-bond donors (Lipinski definition) is 2. The van der Waals surface area contributed by atoms with E-state index in [1.165, 1.54) is 30.8 Å². The van der Waals surface area contributed by atoms with E-state index < -0.39 is 0 Å². The lowest BCUT2D eigenvalue weighted by Crippen LogP contribution is -2.47. The van der Waals surface area contributed by atoms with E-state index in [4.69, 9.17) is 0 Å². The van der Waals surface area contributed by atoms with Crippen LogP contribution in [0.5, 0.6) is 0 Å². The topological polar surface area (TPSA) is 42.9 Å². The molecule has 2 rings (SSSR count). The Morgan fingerprint density at radius 1 is 1.29 bits per heavy atom. The molecule has 0 amide bonds. The van der Waals surface area contributed by atoms with E-state index in [-0.39, 0.29) is 24.0 Å². The van der Waals surface area contributed by atoms with Crippen molar-refractivity contribution in [3.8, 4) is 0 Å². The Labute approximate surface area is 193 Å². The van der Waals surface area contributed by atoms with Gasteiger partial charge in [-0.3, -0.25) is 14.8 Å². The maximum atomic E-state index is 4.40. The van der Waals surface area contributed by atoms with Crippen molar-refractivity contribution in [3.63, 3.8) is 0 Å². The Bertz CT molecular complexity index is 539. The van der Waals surface area contributed by atoms with E-state index in [1.54, 1.807) is 0 Å². The van der Waals surface area contributed by atoms with Gasteiger partial charge >= 0.3 is 0 Å². The smallest absolute Gasteiger partial charge is 0.191 e. The van der Waals surface area contributed by atoms with Gasteiger partial charge in [-0.05, 0) is 64.4 Å². The number of aliphatic imine (C=N–C) groups is 1. The van der Waals surface area contributed by atoms with E-state index in [2.05, 4.69) is 70.6 Å². The molecule has 2 heterocycles. The number of hydrogen-bond acceptors (Lipinski definition) is 4. The van der Waals surface area contributed by atoms with E-state index in [0.717, 1.165) is 32.1 Å². The fourth-order valence-corrected chi connectivity index (χ4v) is 4.71. The summed E-state index contributed by atoms with van der Waals surface area (Å²) in [5.41, 5.74) is 0. The summed E-state index contributed by atoms with van der Waals surface area (Å²) in [7, 11) is 1.86. The second-order valence-electron chi connectivity index (χ2n) is 8.13. The zero-order valence-electron chi connectivity index (χ0n) is 18.3. The lowest BCUT2D eigenvalue weighted by molar-refractivity contribution is 0.169. The fraction of sp³-hybridized carbons (Fsp3) is 0.762. The number of halogens is 1. The van der Waals surface area contributed by atoms with Crippen LogP contribution in [-0.2, 0) is 6.54 Å². The van der Waals surface area contributed by atoms with Gasteiger partial charge in [0.15, 0.2) is 5.96 Å². The first-order chi connectivity index (χ1) is 13.0. The Morgan fingerprint density at radius 3 is 2.64 bits per heavy atom. The number of nitrogens with one attached hydrogen (secondary N) is 2. The van der Waals surface area contributed by atoms with Crippen molar-refractivity contribution in [1.29, 1.82) is 0 Å². The van der Waals surface area contributed by atoms with Crippen LogP contribution in [0.3, 0.4) is 0 Å². The largest absolute Gasteiger partial charge is 0.356 e. The lowest BCUT2D eigenvalue weighted by Gasteiger charge is -2.33. The Balaban J connectivity index is 0.00000392. The molecule has 1 aliphatic rings. The van der Waals surface area contributed by atoms with Crippen molar-refractivity contribution in [3.05, 3.63) is 22.4 Å². The van der Waals surface area contributed by atoms with Crippen LogP contribution >= 0.6 is 35.3 Å². The molecular formula is C21H40IN5S. The van der Waals surface area contributed by atoms with Gasteiger partial charge in [0.25, 0.3) is 0 Å². The van der Waals surface area contributed by atoms with E-state index in [0.29, 0.717) is 18.0 Å². The van der Waals surface area contributed by atoms with Gasteiger partial charge in [0, 0.05) is 56.7 Å². The molecule has 1 aromatic heterocycles. The predicted molar refractivity (Wildman–Crippen MR) is 134 cm³/mol. The Hall–Kier alpha value is -0.380. The Kier molecular flexibility index (Phi) is 12.6. The fourth-order valence-electron chi connectivity index (χ4n) is 3.96. The number of likely N-dealkylation sites (tertiary alicyclic amines) is 1. The van der Waals surface area contributed by atoms with Crippen LogP contribution in [0.15, 0.2) is 22.5 Å². The molecule has 0 saturated carbocycles. The molecule has 1 atom stereocenters. The zero-order chi connectivity index (χ0) is 19.6. The molecule has 0 spiro atoms. The molecule has 1 aromatic rings. The molecule has 162 valence electrons. The number of piperidine rings is 1. The molecule has 0 bridgehead atoms. The first-order valence-electron chi connectivity index (χ1n) is 10.4. The van der Waals surface area contributed by atoms with Crippen molar-refractivity contribution in [2.75, 3.05) is 39.8 Å². The van der Waals surface area contributed by atoms with E-state index in [9.17, 15) is 0 Å². The van der Waals surface area contributed by atoms with Crippen LogP contribution in [0.25, 0.3) is 0 Å². The highest BCUT2D eigenvalue weighted by Gasteiger charge is 2.20. The summed E-state index contributed by atoms with van der Waals surface area (Å²) >= 11 is 1.86. The third kappa shape index (κ3) is 8.97. The number of guanidine groups is 1. The highest BCUT2D eigenvalue weighted by Crippen LogP contribution is 2.19. The average molecular weight is 522 g/mol. The van der Waals surface area contributed by atoms with Crippen molar-refractivity contribution >= 4 is 41.3 Å². The molecule has 1 aliphatic heterocycles. The van der Waals surface area contributed by atoms with Crippen LogP contribution in [0.4, 0.5) is 0 Å². The minimum absolute atomic E-state index is 0. The molecule has 5 nitrogen and oxygen atoms in total. The Morgan fingerprint density at radius 2 is 2.04 bits per heavy atom. The molecular weight excluding hydrogens is 481 g/mol. The van der Waals surface area contributed by atoms with Crippen LogP contribution < -0.4 is 10.6 Å².